The number of nitrogens with one attached hydrogen (secondary N) is 2. The average molecular weight is 400 g/mol. The number of ether oxygens (including phenoxy) is 1. The van der Waals surface area contributed by atoms with Gasteiger partial charge in [-0.15, -0.1) is 0 Å². The van der Waals surface area contributed by atoms with E-state index in [0.29, 0.717) is 0 Å². The van der Waals surface area contributed by atoms with Gasteiger partial charge in [0.25, 0.3) is 0 Å². The molecule has 0 saturated carbocycles. The Hall–Kier alpha value is -2.40. The number of hydrogen-bond donors (Lipinski definition) is 2. The van der Waals surface area contributed by atoms with Gasteiger partial charge < -0.3 is 10.1 Å². The largest absolute Gasteiger partial charge is 0.442 e. The second-order valence-corrected chi connectivity index (χ2v) is 8.78. The van der Waals surface area contributed by atoms with E-state index >= 15 is 0 Å². The zero-order chi connectivity index (χ0) is 20.0. The monoisotopic (exact) mass is 400 g/mol. The van der Waals surface area contributed by atoms with Crippen LogP contribution in [0.4, 0.5) is 20.6 Å². The van der Waals surface area contributed by atoms with Crippen LogP contribution in [0.5, 0.6) is 0 Å². The van der Waals surface area contributed by atoms with Gasteiger partial charge in [-0.25, -0.2) is 9.18 Å². The number of carbonyl (C=O) groups is 2. The first-order chi connectivity index (χ1) is 12.5. The quantitative estimate of drug-likeness (QED) is 0.774. The van der Waals surface area contributed by atoms with Gasteiger partial charge in [-0.1, -0.05) is 0 Å². The molecule has 1 aromatic rings. The van der Waals surface area contributed by atoms with Crippen molar-refractivity contribution in [2.24, 2.45) is 0 Å². The van der Waals surface area contributed by atoms with E-state index in [4.69, 9.17) is 4.74 Å². The number of hydrogen-bond acceptors (Lipinski definition) is 5. The minimum absolute atomic E-state index is 0.0795. The average Bonchev–Trinajstić information content (AvgIpc) is 3.00. The van der Waals surface area contributed by atoms with Crippen LogP contribution in [-0.2, 0) is 19.7 Å². The van der Waals surface area contributed by atoms with Gasteiger partial charge in [-0.2, -0.15) is 13.1 Å². The van der Waals surface area contributed by atoms with Crippen molar-refractivity contribution in [3.63, 3.8) is 0 Å². The molecule has 2 heterocycles. The summed E-state index contributed by atoms with van der Waals surface area (Å²) in [5.41, 5.74) is -0.575. The van der Waals surface area contributed by atoms with E-state index in [9.17, 15) is 22.4 Å². The van der Waals surface area contributed by atoms with E-state index in [-0.39, 0.29) is 36.9 Å². The topological polar surface area (TPSA) is 108 Å². The van der Waals surface area contributed by atoms with Crippen molar-refractivity contribution in [2.75, 3.05) is 28.8 Å². The number of amides is 2. The standard InChI is InChI=1S/C16H21FN4O5S/c1-10(22)18-7-12-8-20(15(23)26-12)11-4-5-14(13(17)6-11)21-9-16(2,3)19-27(21,24)25/h4-6,12,19H,7-9H2,1-3H3,(H,18,22)/t12-/m0/s1. The van der Waals surface area contributed by atoms with Crippen LogP contribution >= 0.6 is 0 Å². The summed E-state index contributed by atoms with van der Waals surface area (Å²) in [4.78, 5) is 24.2. The van der Waals surface area contributed by atoms with E-state index in [1.807, 2.05) is 0 Å². The third kappa shape index (κ3) is 3.98. The Morgan fingerprint density at radius 3 is 2.70 bits per heavy atom. The molecular formula is C16H21FN4O5S. The maximum atomic E-state index is 14.7. The Bertz CT molecular complexity index is 889. The lowest BCUT2D eigenvalue weighted by Gasteiger charge is -2.20. The van der Waals surface area contributed by atoms with Crippen LogP contribution in [-0.4, -0.2) is 51.7 Å². The predicted molar refractivity (Wildman–Crippen MR) is 96.2 cm³/mol. The molecule has 0 aromatic heterocycles. The number of benzene rings is 1. The minimum atomic E-state index is -3.84. The van der Waals surface area contributed by atoms with Gasteiger partial charge in [0.2, 0.25) is 5.91 Å². The van der Waals surface area contributed by atoms with Gasteiger partial charge in [0.15, 0.2) is 0 Å². The van der Waals surface area contributed by atoms with E-state index < -0.39 is 33.8 Å². The van der Waals surface area contributed by atoms with Crippen LogP contribution < -0.4 is 19.2 Å². The number of halogens is 1. The minimum Gasteiger partial charge on any atom is -0.442 e. The zero-order valence-electron chi connectivity index (χ0n) is 15.2. The number of rotatable bonds is 4. The predicted octanol–water partition coefficient (Wildman–Crippen LogP) is 0.720. The summed E-state index contributed by atoms with van der Waals surface area (Å²) in [7, 11) is -3.84. The molecule has 1 atom stereocenters. The maximum Gasteiger partial charge on any atom is 0.414 e. The molecule has 148 valence electrons. The molecule has 0 radical (unpaired) electrons. The van der Waals surface area contributed by atoms with Crippen molar-refractivity contribution in [1.29, 1.82) is 0 Å². The second kappa shape index (κ2) is 6.64. The van der Waals surface area contributed by atoms with E-state index in [1.165, 1.54) is 24.0 Å². The third-order valence-electron chi connectivity index (χ3n) is 4.20. The molecule has 2 aliphatic heterocycles. The fourth-order valence-electron chi connectivity index (χ4n) is 3.06. The Balaban J connectivity index is 1.80. The Labute approximate surface area is 156 Å². The van der Waals surface area contributed by atoms with E-state index in [0.717, 1.165) is 10.4 Å². The molecule has 2 fully saturated rings. The summed E-state index contributed by atoms with van der Waals surface area (Å²) in [6.45, 7) is 5.14. The smallest absolute Gasteiger partial charge is 0.414 e. The molecule has 27 heavy (non-hydrogen) atoms. The highest BCUT2D eigenvalue weighted by Gasteiger charge is 2.42. The molecule has 2 amide bonds. The lowest BCUT2D eigenvalue weighted by atomic mass is 10.1. The van der Waals surface area contributed by atoms with Crippen molar-refractivity contribution >= 4 is 33.6 Å². The summed E-state index contributed by atoms with van der Waals surface area (Å²) in [5.74, 6) is -1.02. The van der Waals surface area contributed by atoms with Crippen molar-refractivity contribution < 1.29 is 27.1 Å². The highest BCUT2D eigenvalue weighted by molar-refractivity contribution is 7.91. The zero-order valence-corrected chi connectivity index (χ0v) is 16.0. The van der Waals surface area contributed by atoms with Crippen LogP contribution in [0, 0.1) is 5.82 Å². The molecule has 0 unspecified atom stereocenters. The van der Waals surface area contributed by atoms with E-state index in [1.54, 1.807) is 13.8 Å². The second-order valence-electron chi connectivity index (χ2n) is 7.19. The molecule has 11 heteroatoms. The lowest BCUT2D eigenvalue weighted by molar-refractivity contribution is -0.119. The SMILES string of the molecule is CC(=O)NC[C@H]1CN(c2ccc(N3CC(C)(C)NS3(=O)=O)c(F)c2)C(=O)O1. The first-order valence-electron chi connectivity index (χ1n) is 8.32. The summed E-state index contributed by atoms with van der Waals surface area (Å²) < 4.78 is 47.7. The van der Waals surface area contributed by atoms with Crippen LogP contribution in [0.25, 0.3) is 0 Å². The van der Waals surface area contributed by atoms with Crippen molar-refractivity contribution in [3.05, 3.63) is 24.0 Å². The highest BCUT2D eigenvalue weighted by Crippen LogP contribution is 2.32. The molecule has 2 saturated heterocycles. The Morgan fingerprint density at radius 2 is 2.15 bits per heavy atom. The van der Waals surface area contributed by atoms with E-state index in [2.05, 4.69) is 10.0 Å². The first-order valence-corrected chi connectivity index (χ1v) is 9.76. The fraction of sp³-hybridized carbons (Fsp3) is 0.500. The van der Waals surface area contributed by atoms with Crippen molar-refractivity contribution in [1.82, 2.24) is 10.0 Å². The van der Waals surface area contributed by atoms with Gasteiger partial charge in [0.1, 0.15) is 11.9 Å². The summed E-state index contributed by atoms with van der Waals surface area (Å²) >= 11 is 0. The maximum absolute atomic E-state index is 14.7. The van der Waals surface area contributed by atoms with Crippen LogP contribution in [0.3, 0.4) is 0 Å². The lowest BCUT2D eigenvalue weighted by Crippen LogP contribution is -2.36. The van der Waals surface area contributed by atoms with Crippen molar-refractivity contribution in [3.8, 4) is 0 Å². The van der Waals surface area contributed by atoms with Crippen molar-refractivity contribution in [2.45, 2.75) is 32.4 Å². The highest BCUT2D eigenvalue weighted by atomic mass is 32.2. The molecule has 1 aromatic carbocycles. The number of anilines is 2. The van der Waals surface area contributed by atoms with Crippen LogP contribution in [0.2, 0.25) is 0 Å². The van der Waals surface area contributed by atoms with Gasteiger partial charge in [0, 0.05) is 12.5 Å². The summed E-state index contributed by atoms with van der Waals surface area (Å²) in [5, 5.41) is 2.56. The molecule has 2 N–H and O–H groups in total. The molecule has 0 spiro atoms. The number of nitrogens with zero attached hydrogens (tertiary/aromatic N) is 2. The molecule has 2 aliphatic rings. The van der Waals surface area contributed by atoms with Crippen LogP contribution in [0.15, 0.2) is 18.2 Å². The summed E-state index contributed by atoms with van der Waals surface area (Å²) in [6, 6.07) is 3.87. The molecule has 9 nitrogen and oxygen atoms in total. The van der Waals surface area contributed by atoms with Gasteiger partial charge in [-0.3, -0.25) is 14.0 Å². The van der Waals surface area contributed by atoms with Gasteiger partial charge in [-0.05, 0) is 32.0 Å². The summed E-state index contributed by atoms with van der Waals surface area (Å²) in [6.07, 6.45) is -1.21. The number of carbonyl (C=O) groups excluding carboxylic acids is 2. The fourth-order valence-corrected chi connectivity index (χ4v) is 4.83. The Morgan fingerprint density at radius 1 is 1.44 bits per heavy atom. The number of cyclic esters (lactones) is 1. The molecule has 0 bridgehead atoms. The molecular weight excluding hydrogens is 379 g/mol. The normalized spacial score (nSPS) is 23.4. The van der Waals surface area contributed by atoms with Gasteiger partial charge >= 0.3 is 16.3 Å². The first kappa shape index (κ1) is 19.4. The molecule has 3 rings (SSSR count). The third-order valence-corrected chi connectivity index (χ3v) is 5.92. The van der Waals surface area contributed by atoms with Crippen LogP contribution in [0.1, 0.15) is 20.8 Å². The van der Waals surface area contributed by atoms with Gasteiger partial charge in [0.05, 0.1) is 31.0 Å². The molecule has 0 aliphatic carbocycles. The Kier molecular flexibility index (Phi) is 4.76.